The maximum atomic E-state index is 12.9. The Morgan fingerprint density at radius 1 is 1.16 bits per heavy atom. The van der Waals surface area contributed by atoms with Crippen LogP contribution in [0.2, 0.25) is 0 Å². The highest BCUT2D eigenvalue weighted by atomic mass is 16.5. The molecule has 1 aromatic heterocycles. The average Bonchev–Trinajstić information content (AvgIpc) is 3.26. The summed E-state index contributed by atoms with van der Waals surface area (Å²) in [5.74, 6) is 0.613. The first-order valence-corrected chi connectivity index (χ1v) is 10.4. The highest BCUT2D eigenvalue weighted by molar-refractivity contribution is 6.46. The molecule has 1 saturated heterocycles. The maximum absolute atomic E-state index is 12.9. The van der Waals surface area contributed by atoms with Crippen molar-refractivity contribution in [3.8, 4) is 5.75 Å². The van der Waals surface area contributed by atoms with Crippen molar-refractivity contribution in [3.63, 3.8) is 0 Å². The summed E-state index contributed by atoms with van der Waals surface area (Å²) >= 11 is 0. The van der Waals surface area contributed by atoms with Gasteiger partial charge in [-0.1, -0.05) is 13.8 Å². The van der Waals surface area contributed by atoms with Gasteiger partial charge in [-0.15, -0.1) is 0 Å². The molecule has 166 valence electrons. The lowest BCUT2D eigenvalue weighted by molar-refractivity contribution is -0.140. The molecule has 0 spiro atoms. The van der Waals surface area contributed by atoms with E-state index in [4.69, 9.17) is 9.15 Å². The van der Waals surface area contributed by atoms with Crippen LogP contribution in [0.5, 0.6) is 5.75 Å². The largest absolute Gasteiger partial charge is 0.507 e. The number of ketones is 1. The number of furan rings is 1. The fourth-order valence-corrected chi connectivity index (χ4v) is 3.44. The third-order valence-electron chi connectivity index (χ3n) is 5.07. The number of ether oxygens (including phenoxy) is 1. The summed E-state index contributed by atoms with van der Waals surface area (Å²) in [6.07, 6.45) is 0. The Kier molecular flexibility index (Phi) is 6.85. The van der Waals surface area contributed by atoms with E-state index < -0.39 is 17.7 Å². The highest BCUT2D eigenvalue weighted by Gasteiger charge is 2.47. The van der Waals surface area contributed by atoms with Crippen LogP contribution < -0.4 is 4.74 Å². The van der Waals surface area contributed by atoms with E-state index in [9.17, 15) is 14.7 Å². The lowest BCUT2D eigenvalue weighted by atomic mass is 9.99. The topological polar surface area (TPSA) is 83.2 Å². The lowest BCUT2D eigenvalue weighted by Gasteiger charge is -2.24. The molecule has 1 fully saturated rings. The van der Waals surface area contributed by atoms with Crippen molar-refractivity contribution in [3.05, 3.63) is 59.1 Å². The van der Waals surface area contributed by atoms with Gasteiger partial charge in [0.2, 0.25) is 0 Å². The van der Waals surface area contributed by atoms with Crippen LogP contribution in [0.1, 0.15) is 37.0 Å². The molecule has 7 heteroatoms. The van der Waals surface area contributed by atoms with E-state index in [-0.39, 0.29) is 11.3 Å². The van der Waals surface area contributed by atoms with Crippen LogP contribution in [0, 0.1) is 12.8 Å². The van der Waals surface area contributed by atoms with Crippen molar-refractivity contribution in [1.82, 2.24) is 9.80 Å². The van der Waals surface area contributed by atoms with E-state index >= 15 is 0 Å². The number of benzene rings is 1. The van der Waals surface area contributed by atoms with Gasteiger partial charge >= 0.3 is 0 Å². The Hall–Kier alpha value is -3.06. The molecule has 0 radical (unpaired) electrons. The zero-order valence-corrected chi connectivity index (χ0v) is 18.7. The van der Waals surface area contributed by atoms with Gasteiger partial charge in [0.25, 0.3) is 11.7 Å². The van der Waals surface area contributed by atoms with Crippen LogP contribution in [0.15, 0.2) is 46.4 Å². The van der Waals surface area contributed by atoms with Gasteiger partial charge < -0.3 is 24.1 Å². The minimum atomic E-state index is -0.773. The minimum absolute atomic E-state index is 0.0361. The van der Waals surface area contributed by atoms with Crippen molar-refractivity contribution >= 4 is 17.4 Å². The van der Waals surface area contributed by atoms with Crippen molar-refractivity contribution in [1.29, 1.82) is 0 Å². The molecule has 1 amide bonds. The second kappa shape index (κ2) is 9.39. The summed E-state index contributed by atoms with van der Waals surface area (Å²) in [5.41, 5.74) is 0.477. The van der Waals surface area contributed by atoms with E-state index in [1.807, 2.05) is 19.0 Å². The van der Waals surface area contributed by atoms with E-state index in [0.29, 0.717) is 48.4 Å². The first-order valence-electron chi connectivity index (χ1n) is 10.4. The molecule has 1 aromatic carbocycles. The molecule has 1 aliphatic rings. The smallest absolute Gasteiger partial charge is 0.295 e. The molecule has 1 aliphatic heterocycles. The zero-order chi connectivity index (χ0) is 22.7. The number of aryl methyl sites for hydroxylation is 1. The number of likely N-dealkylation sites (N-methyl/N-ethyl adjacent to an activating group) is 1. The Bertz CT molecular complexity index is 972. The van der Waals surface area contributed by atoms with Crippen LogP contribution in [-0.2, 0) is 9.59 Å². The summed E-state index contributed by atoms with van der Waals surface area (Å²) in [6, 6.07) is 9.60. The van der Waals surface area contributed by atoms with Crippen LogP contribution in [0.4, 0.5) is 0 Å². The number of carbonyl (C=O) groups excluding carboxylic acids is 2. The van der Waals surface area contributed by atoms with Gasteiger partial charge in [-0.2, -0.15) is 0 Å². The van der Waals surface area contributed by atoms with E-state index in [1.54, 1.807) is 43.3 Å². The molecular weight excluding hydrogens is 396 g/mol. The molecule has 0 aliphatic carbocycles. The summed E-state index contributed by atoms with van der Waals surface area (Å²) in [6.45, 7) is 7.41. The normalized spacial score (nSPS) is 18.4. The van der Waals surface area contributed by atoms with Crippen molar-refractivity contribution in [2.45, 2.75) is 26.8 Å². The van der Waals surface area contributed by atoms with Gasteiger partial charge in [0.1, 0.15) is 29.1 Å². The molecule has 31 heavy (non-hydrogen) atoms. The SMILES string of the molecule is Cc1ccc(C2/C(=C(/O)c3ccc(OCC(C)C)cc3)C(=O)C(=O)N2CCN(C)C)o1. The van der Waals surface area contributed by atoms with Crippen molar-refractivity contribution in [2.75, 3.05) is 33.8 Å². The molecule has 2 aromatic rings. The minimum Gasteiger partial charge on any atom is -0.507 e. The molecule has 0 saturated carbocycles. The van der Waals surface area contributed by atoms with Gasteiger partial charge in [-0.05, 0) is 63.3 Å². The van der Waals surface area contributed by atoms with Crippen LogP contribution in [0.25, 0.3) is 5.76 Å². The molecule has 3 rings (SSSR count). The second-order valence-corrected chi connectivity index (χ2v) is 8.47. The summed E-state index contributed by atoms with van der Waals surface area (Å²) < 4.78 is 11.4. The quantitative estimate of drug-likeness (QED) is 0.394. The third kappa shape index (κ3) is 4.99. The first-order chi connectivity index (χ1) is 14.7. The van der Waals surface area contributed by atoms with Crippen molar-refractivity contribution < 1.29 is 23.8 Å². The summed E-state index contributed by atoms with van der Waals surface area (Å²) in [4.78, 5) is 29.1. The maximum Gasteiger partial charge on any atom is 0.295 e. The number of nitrogens with zero attached hydrogens (tertiary/aromatic N) is 2. The van der Waals surface area contributed by atoms with Gasteiger partial charge in [0.05, 0.1) is 12.2 Å². The molecule has 2 heterocycles. The number of rotatable bonds is 8. The number of amides is 1. The van der Waals surface area contributed by atoms with Crippen LogP contribution >= 0.6 is 0 Å². The molecule has 1 unspecified atom stereocenters. The van der Waals surface area contributed by atoms with Crippen molar-refractivity contribution in [2.24, 2.45) is 5.92 Å². The molecular formula is C24H30N2O5. The van der Waals surface area contributed by atoms with E-state index in [2.05, 4.69) is 13.8 Å². The number of aliphatic hydroxyl groups is 1. The molecule has 7 nitrogen and oxygen atoms in total. The number of aliphatic hydroxyl groups excluding tert-OH is 1. The number of hydrogen-bond donors (Lipinski definition) is 1. The number of Topliss-reactive ketones (excluding diaryl/α,β-unsaturated/α-hetero) is 1. The van der Waals surface area contributed by atoms with Crippen LogP contribution in [0.3, 0.4) is 0 Å². The zero-order valence-electron chi connectivity index (χ0n) is 18.7. The summed E-state index contributed by atoms with van der Waals surface area (Å²) in [5, 5.41) is 11.0. The van der Waals surface area contributed by atoms with Gasteiger partial charge in [-0.3, -0.25) is 9.59 Å². The van der Waals surface area contributed by atoms with E-state index in [1.165, 1.54) is 4.90 Å². The Morgan fingerprint density at radius 3 is 2.39 bits per heavy atom. The number of hydrogen-bond acceptors (Lipinski definition) is 6. The number of carbonyl (C=O) groups is 2. The van der Waals surface area contributed by atoms with Gasteiger partial charge in [0.15, 0.2) is 0 Å². The number of likely N-dealkylation sites (tertiary alicyclic amines) is 1. The van der Waals surface area contributed by atoms with E-state index in [0.717, 1.165) is 0 Å². The van der Waals surface area contributed by atoms with Crippen LogP contribution in [-0.4, -0.2) is 60.4 Å². The molecule has 1 N–H and O–H groups in total. The Morgan fingerprint density at radius 2 is 1.84 bits per heavy atom. The second-order valence-electron chi connectivity index (χ2n) is 8.47. The first kappa shape index (κ1) is 22.6. The highest BCUT2D eigenvalue weighted by Crippen LogP contribution is 2.40. The van der Waals surface area contributed by atoms with Gasteiger partial charge in [0, 0.05) is 18.7 Å². The summed E-state index contributed by atoms with van der Waals surface area (Å²) in [7, 11) is 3.79. The lowest BCUT2D eigenvalue weighted by Crippen LogP contribution is -2.35. The standard InChI is InChI=1S/C24H30N2O5/c1-15(2)14-30-18-9-7-17(8-10-18)22(27)20-21(19-11-6-16(3)31-19)26(13-12-25(4)5)24(29)23(20)28/h6-11,15,21,27H,12-14H2,1-5H3/b22-20-. The average molecular weight is 427 g/mol. The third-order valence-corrected chi connectivity index (χ3v) is 5.07. The molecule has 1 atom stereocenters. The Labute approximate surface area is 182 Å². The monoisotopic (exact) mass is 426 g/mol. The van der Waals surface area contributed by atoms with Gasteiger partial charge in [-0.25, -0.2) is 0 Å². The molecule has 0 bridgehead atoms. The fourth-order valence-electron chi connectivity index (χ4n) is 3.44. The fraction of sp³-hybridized carbons (Fsp3) is 0.417. The Balaban J connectivity index is 1.99. The predicted molar refractivity (Wildman–Crippen MR) is 118 cm³/mol. The predicted octanol–water partition coefficient (Wildman–Crippen LogP) is 3.61.